The molecule has 0 saturated carbocycles. The van der Waals surface area contributed by atoms with E-state index in [0.717, 1.165) is 31.4 Å². The van der Waals surface area contributed by atoms with Crippen LogP contribution in [-0.4, -0.2) is 33.9 Å². The Kier molecular flexibility index (Phi) is 5.84. The van der Waals surface area contributed by atoms with Crippen LogP contribution in [0.1, 0.15) is 47.7 Å². The molecule has 4 rings (SSSR count). The van der Waals surface area contributed by atoms with E-state index in [1.165, 1.54) is 35.1 Å². The van der Waals surface area contributed by atoms with Gasteiger partial charge >= 0.3 is 5.97 Å². The fourth-order valence-corrected chi connectivity index (χ4v) is 4.92. The van der Waals surface area contributed by atoms with Crippen molar-refractivity contribution in [2.45, 2.75) is 51.0 Å². The van der Waals surface area contributed by atoms with Crippen molar-refractivity contribution in [3.05, 3.63) is 52.3 Å². The van der Waals surface area contributed by atoms with Crippen LogP contribution in [-0.2, 0) is 47.9 Å². The molecule has 0 radical (unpaired) electrons. The largest absolute Gasteiger partial charge is 0.463 e. The number of nitrogens with one attached hydrogen (secondary N) is 2. The highest BCUT2D eigenvalue weighted by Gasteiger charge is 2.41. The van der Waals surface area contributed by atoms with Crippen LogP contribution in [0.25, 0.3) is 0 Å². The van der Waals surface area contributed by atoms with Gasteiger partial charge in [0.25, 0.3) is 0 Å². The van der Waals surface area contributed by atoms with Gasteiger partial charge in [0.15, 0.2) is 5.11 Å². The molecular weight excluding hydrogens is 398 g/mol. The maximum Gasteiger partial charge on any atom is 0.346 e. The van der Waals surface area contributed by atoms with E-state index in [0.29, 0.717) is 10.8 Å². The topological polar surface area (TPSA) is 75.5 Å². The first-order chi connectivity index (χ1) is 14.4. The molecule has 3 N–H and O–H groups in total. The van der Waals surface area contributed by atoms with E-state index in [2.05, 4.69) is 16.7 Å². The molecule has 1 unspecified atom stereocenters. The molecule has 0 bridgehead atoms. The second-order valence-electron chi connectivity index (χ2n) is 8.13. The molecule has 0 spiro atoms. The lowest BCUT2D eigenvalue weighted by Gasteiger charge is -2.28. The first kappa shape index (κ1) is 20.9. The number of carbonyl (C=O) groups is 1. The minimum absolute atomic E-state index is 0.0767. The Bertz CT molecular complexity index is 952. The van der Waals surface area contributed by atoms with Crippen molar-refractivity contribution in [3.8, 4) is 0 Å². The van der Waals surface area contributed by atoms with Crippen molar-refractivity contribution in [2.75, 3.05) is 18.5 Å². The van der Waals surface area contributed by atoms with Crippen molar-refractivity contribution >= 4 is 29.0 Å². The molecule has 0 saturated heterocycles. The minimum atomic E-state index is -1.83. The van der Waals surface area contributed by atoms with Gasteiger partial charge in [0, 0.05) is 18.9 Å². The summed E-state index contributed by atoms with van der Waals surface area (Å²) in [6.07, 6.45) is 8.48. The maximum absolute atomic E-state index is 12.6. The Labute approximate surface area is 182 Å². The number of fused-ring (bicyclic) bond motifs is 2. The van der Waals surface area contributed by atoms with Crippen LogP contribution >= 0.6 is 12.2 Å². The Morgan fingerprint density at radius 2 is 1.90 bits per heavy atom. The molecule has 2 aliphatic carbocycles. The van der Waals surface area contributed by atoms with Crippen molar-refractivity contribution in [1.82, 2.24) is 9.88 Å². The zero-order chi connectivity index (χ0) is 21.3. The fraction of sp³-hybridized carbons (Fsp3) is 0.478. The number of ether oxygens (including phenoxy) is 1. The van der Waals surface area contributed by atoms with Gasteiger partial charge < -0.3 is 25.0 Å². The fourth-order valence-electron chi connectivity index (χ4n) is 4.74. The van der Waals surface area contributed by atoms with Crippen LogP contribution < -0.4 is 10.6 Å². The third-order valence-electron chi connectivity index (χ3n) is 6.20. The van der Waals surface area contributed by atoms with Crippen molar-refractivity contribution in [3.63, 3.8) is 0 Å². The highest BCUT2D eigenvalue weighted by atomic mass is 32.1. The van der Waals surface area contributed by atoms with Crippen LogP contribution in [0.2, 0.25) is 0 Å². The quantitative estimate of drug-likeness (QED) is 0.486. The molecule has 2 aromatic rings. The number of aliphatic hydroxyl groups is 1. The van der Waals surface area contributed by atoms with Crippen molar-refractivity contribution < 1.29 is 14.6 Å². The van der Waals surface area contributed by atoms with Gasteiger partial charge in [0.2, 0.25) is 5.60 Å². The molecule has 1 aromatic heterocycles. The molecule has 160 valence electrons. The minimum Gasteiger partial charge on any atom is -0.463 e. The van der Waals surface area contributed by atoms with E-state index in [-0.39, 0.29) is 13.2 Å². The van der Waals surface area contributed by atoms with Gasteiger partial charge in [-0.25, -0.2) is 4.79 Å². The first-order valence-corrected chi connectivity index (χ1v) is 11.1. The van der Waals surface area contributed by atoms with Gasteiger partial charge in [-0.15, -0.1) is 0 Å². The van der Waals surface area contributed by atoms with Crippen LogP contribution in [0, 0.1) is 0 Å². The van der Waals surface area contributed by atoms with E-state index in [1.807, 2.05) is 0 Å². The number of nitrogens with zero attached hydrogens (tertiary/aromatic N) is 1. The third-order valence-corrected chi connectivity index (χ3v) is 6.44. The number of benzene rings is 1. The normalized spacial score (nSPS) is 16.5. The molecule has 7 heteroatoms. The first-order valence-electron chi connectivity index (χ1n) is 10.7. The highest BCUT2D eigenvalue weighted by Crippen LogP contribution is 2.38. The molecule has 1 aromatic carbocycles. The van der Waals surface area contributed by atoms with Gasteiger partial charge in [-0.1, -0.05) is 6.07 Å². The maximum atomic E-state index is 12.6. The Morgan fingerprint density at radius 3 is 2.47 bits per heavy atom. The predicted molar refractivity (Wildman–Crippen MR) is 121 cm³/mol. The summed E-state index contributed by atoms with van der Waals surface area (Å²) in [5, 5.41) is 18.1. The molecule has 1 atom stereocenters. The number of carbonyl (C=O) groups excluding carboxylic acids is 1. The summed E-state index contributed by atoms with van der Waals surface area (Å²) in [7, 11) is 1.78. The number of aromatic nitrogens is 1. The molecule has 0 amide bonds. The SMILES string of the molecule is CCOC(=O)C(O)(CNC(=S)Nc1c2c(cc3c1CCC3)CCC2)c1cccn1C. The van der Waals surface area contributed by atoms with E-state index in [1.54, 1.807) is 36.9 Å². The van der Waals surface area contributed by atoms with Crippen molar-refractivity contribution in [1.29, 1.82) is 0 Å². The van der Waals surface area contributed by atoms with E-state index in [9.17, 15) is 9.90 Å². The van der Waals surface area contributed by atoms with Gasteiger partial charge in [-0.3, -0.25) is 0 Å². The van der Waals surface area contributed by atoms with Crippen LogP contribution in [0.4, 0.5) is 5.69 Å². The zero-order valence-corrected chi connectivity index (χ0v) is 18.4. The third kappa shape index (κ3) is 3.72. The number of hydrogen-bond acceptors (Lipinski definition) is 4. The molecule has 6 nitrogen and oxygen atoms in total. The van der Waals surface area contributed by atoms with Gasteiger partial charge in [-0.05, 0) is 92.1 Å². The Morgan fingerprint density at radius 1 is 1.23 bits per heavy atom. The molecule has 0 aliphatic heterocycles. The Balaban J connectivity index is 1.53. The van der Waals surface area contributed by atoms with Gasteiger partial charge in [-0.2, -0.15) is 0 Å². The second kappa shape index (κ2) is 8.40. The number of esters is 1. The summed E-state index contributed by atoms with van der Waals surface area (Å²) in [4.78, 5) is 12.6. The Hall–Kier alpha value is -2.38. The molecule has 2 aliphatic rings. The summed E-state index contributed by atoms with van der Waals surface area (Å²) >= 11 is 5.57. The number of anilines is 1. The predicted octanol–water partition coefficient (Wildman–Crippen LogP) is 2.74. The number of hydrogen-bond donors (Lipinski definition) is 3. The lowest BCUT2D eigenvalue weighted by molar-refractivity contribution is -0.166. The smallest absolute Gasteiger partial charge is 0.346 e. The summed E-state index contributed by atoms with van der Waals surface area (Å²) in [6, 6.07) is 5.87. The van der Waals surface area contributed by atoms with Gasteiger partial charge in [0.05, 0.1) is 18.8 Å². The molecular formula is C23H29N3O3S. The number of rotatable bonds is 6. The summed E-state index contributed by atoms with van der Waals surface area (Å²) in [6.45, 7) is 1.84. The average Bonchev–Trinajstić information content (AvgIpc) is 3.46. The van der Waals surface area contributed by atoms with Gasteiger partial charge in [0.1, 0.15) is 0 Å². The van der Waals surface area contributed by atoms with Crippen molar-refractivity contribution in [2.24, 2.45) is 7.05 Å². The lowest BCUT2D eigenvalue weighted by Crippen LogP contribution is -2.49. The summed E-state index contributed by atoms with van der Waals surface area (Å²) in [5.41, 5.74) is 5.33. The van der Waals surface area contributed by atoms with Crippen LogP contribution in [0.15, 0.2) is 24.4 Å². The van der Waals surface area contributed by atoms with E-state index in [4.69, 9.17) is 17.0 Å². The lowest BCUT2D eigenvalue weighted by atomic mass is 9.98. The monoisotopic (exact) mass is 427 g/mol. The van der Waals surface area contributed by atoms with Crippen LogP contribution in [0.5, 0.6) is 0 Å². The van der Waals surface area contributed by atoms with E-state index < -0.39 is 11.6 Å². The highest BCUT2D eigenvalue weighted by molar-refractivity contribution is 7.80. The molecule has 1 heterocycles. The second-order valence-corrected chi connectivity index (χ2v) is 8.54. The molecule has 30 heavy (non-hydrogen) atoms. The van der Waals surface area contributed by atoms with Crippen LogP contribution in [0.3, 0.4) is 0 Å². The number of aryl methyl sites for hydroxylation is 3. The van der Waals surface area contributed by atoms with E-state index >= 15 is 0 Å². The zero-order valence-electron chi connectivity index (χ0n) is 17.6. The molecule has 0 fully saturated rings. The summed E-state index contributed by atoms with van der Waals surface area (Å²) in [5.74, 6) is -0.691. The average molecular weight is 428 g/mol. The summed E-state index contributed by atoms with van der Waals surface area (Å²) < 4.78 is 6.87. The standard InChI is InChI=1S/C23H29N3O3S/c1-3-29-21(27)23(28,19-11-6-12-26(19)2)14-24-22(30)25-20-17-9-4-7-15(17)13-16-8-5-10-18(16)20/h6,11-13,28H,3-5,7-10,14H2,1-2H3,(H2,24,25,30). The number of thiocarbonyl (C=S) groups is 1.